The van der Waals surface area contributed by atoms with Gasteiger partial charge in [-0.25, -0.2) is 4.98 Å². The highest BCUT2D eigenvalue weighted by Gasteiger charge is 2.41. The van der Waals surface area contributed by atoms with Crippen molar-refractivity contribution in [2.75, 3.05) is 12.4 Å². The highest BCUT2D eigenvalue weighted by atomic mass is 35.5. The molecule has 0 radical (unpaired) electrons. The smallest absolute Gasteiger partial charge is 0.253 e. The van der Waals surface area contributed by atoms with Gasteiger partial charge in [0.2, 0.25) is 0 Å². The van der Waals surface area contributed by atoms with Gasteiger partial charge < -0.3 is 15.4 Å². The third kappa shape index (κ3) is 2.40. The van der Waals surface area contributed by atoms with Crippen LogP contribution in [0, 0.1) is 0 Å². The minimum Gasteiger partial charge on any atom is -0.373 e. The molecule has 3 rings (SSSR count). The zero-order valence-corrected chi connectivity index (χ0v) is 11.4. The first-order chi connectivity index (χ1) is 9.17. The van der Waals surface area contributed by atoms with Gasteiger partial charge in [-0.1, -0.05) is 11.6 Å². The van der Waals surface area contributed by atoms with Gasteiger partial charge in [0.1, 0.15) is 5.82 Å². The number of nitrogens with one attached hydrogen (secondary N) is 2. The van der Waals surface area contributed by atoms with Crippen LogP contribution in [0.3, 0.4) is 0 Å². The number of carbonyl (C=O) groups excluding carboxylic acids is 1. The maximum atomic E-state index is 12.1. The van der Waals surface area contributed by atoms with Crippen LogP contribution in [0.1, 0.15) is 29.6 Å². The number of amides is 1. The molecule has 1 aromatic rings. The number of anilines is 1. The number of hydrogen-bond donors (Lipinski definition) is 2. The Morgan fingerprint density at radius 1 is 1.53 bits per heavy atom. The molecule has 2 bridgehead atoms. The van der Waals surface area contributed by atoms with Crippen LogP contribution >= 0.6 is 11.6 Å². The van der Waals surface area contributed by atoms with Crippen LogP contribution < -0.4 is 10.6 Å². The van der Waals surface area contributed by atoms with Gasteiger partial charge in [-0.3, -0.25) is 4.79 Å². The summed E-state index contributed by atoms with van der Waals surface area (Å²) in [4.78, 5) is 16.2. The fourth-order valence-electron chi connectivity index (χ4n) is 2.79. The Kier molecular flexibility index (Phi) is 3.33. The highest BCUT2D eigenvalue weighted by molar-refractivity contribution is 6.33. The number of ether oxygens (including phenoxy) is 1. The summed E-state index contributed by atoms with van der Waals surface area (Å²) in [6, 6.07) is 1.75. The van der Waals surface area contributed by atoms with E-state index in [0.29, 0.717) is 22.5 Å². The van der Waals surface area contributed by atoms with Crippen LogP contribution in [-0.2, 0) is 4.74 Å². The molecule has 2 aliphatic rings. The molecule has 2 aliphatic heterocycles. The number of halogens is 1. The van der Waals surface area contributed by atoms with Gasteiger partial charge in [-0.2, -0.15) is 0 Å². The summed E-state index contributed by atoms with van der Waals surface area (Å²) >= 11 is 6.02. The molecule has 3 unspecified atom stereocenters. The van der Waals surface area contributed by atoms with Crippen molar-refractivity contribution >= 4 is 23.3 Å². The zero-order chi connectivity index (χ0) is 13.4. The first-order valence-electron chi connectivity index (χ1n) is 6.47. The predicted molar refractivity (Wildman–Crippen MR) is 72.6 cm³/mol. The molecular weight excluding hydrogens is 266 g/mol. The van der Waals surface area contributed by atoms with Crippen molar-refractivity contribution in [3.8, 4) is 0 Å². The third-order valence-electron chi connectivity index (χ3n) is 3.76. The molecule has 0 spiro atoms. The Balaban J connectivity index is 1.69. The number of nitrogens with zero attached hydrogens (tertiary/aromatic N) is 1. The first-order valence-corrected chi connectivity index (χ1v) is 6.85. The number of hydrogen-bond acceptors (Lipinski definition) is 4. The lowest BCUT2D eigenvalue weighted by Crippen LogP contribution is -2.41. The van der Waals surface area contributed by atoms with Gasteiger partial charge in [-0.05, 0) is 25.3 Å². The number of carbonyl (C=O) groups is 1. The lowest BCUT2D eigenvalue weighted by atomic mass is 9.95. The zero-order valence-electron chi connectivity index (χ0n) is 10.6. The van der Waals surface area contributed by atoms with E-state index in [0.717, 1.165) is 19.3 Å². The van der Waals surface area contributed by atoms with E-state index in [-0.39, 0.29) is 18.1 Å². The predicted octanol–water partition coefficient (Wildman–Crippen LogP) is 1.83. The molecule has 0 aliphatic carbocycles. The Bertz CT molecular complexity index is 509. The third-order valence-corrected chi connectivity index (χ3v) is 4.05. The fourth-order valence-corrected chi connectivity index (χ4v) is 3.05. The Morgan fingerprint density at radius 2 is 2.37 bits per heavy atom. The average molecular weight is 282 g/mol. The summed E-state index contributed by atoms with van der Waals surface area (Å²) in [5.74, 6) is 0.430. The number of fused-ring (bicyclic) bond motifs is 2. The van der Waals surface area contributed by atoms with E-state index in [2.05, 4.69) is 15.6 Å². The summed E-state index contributed by atoms with van der Waals surface area (Å²) in [6.07, 6.45) is 5.08. The van der Waals surface area contributed by atoms with Crippen molar-refractivity contribution in [2.24, 2.45) is 0 Å². The van der Waals surface area contributed by atoms with Gasteiger partial charge in [0.05, 0.1) is 28.8 Å². The van der Waals surface area contributed by atoms with Gasteiger partial charge in [0, 0.05) is 13.2 Å². The summed E-state index contributed by atoms with van der Waals surface area (Å²) in [7, 11) is 1.74. The van der Waals surface area contributed by atoms with Gasteiger partial charge in [0.15, 0.2) is 0 Å². The first kappa shape index (κ1) is 12.7. The Labute approximate surface area is 116 Å². The summed E-state index contributed by atoms with van der Waals surface area (Å²) < 4.78 is 5.72. The molecule has 102 valence electrons. The van der Waals surface area contributed by atoms with Crippen LogP contribution in [0.2, 0.25) is 5.02 Å². The Hall–Kier alpha value is -1.33. The van der Waals surface area contributed by atoms with Crippen molar-refractivity contribution in [1.82, 2.24) is 10.3 Å². The van der Waals surface area contributed by atoms with Crippen LogP contribution in [-0.4, -0.2) is 36.2 Å². The molecule has 2 fully saturated rings. The summed E-state index contributed by atoms with van der Waals surface area (Å²) in [5, 5.41) is 6.31. The van der Waals surface area contributed by atoms with Crippen LogP contribution in [0.15, 0.2) is 12.3 Å². The van der Waals surface area contributed by atoms with Crippen LogP contribution in [0.4, 0.5) is 5.82 Å². The van der Waals surface area contributed by atoms with Crippen LogP contribution in [0.25, 0.3) is 0 Å². The van der Waals surface area contributed by atoms with Crippen molar-refractivity contribution in [1.29, 1.82) is 0 Å². The number of rotatable bonds is 3. The normalized spacial score (nSPS) is 28.4. The molecule has 1 amide bonds. The average Bonchev–Trinajstić information content (AvgIpc) is 3.00. The molecular formula is C13H16ClN3O2. The molecule has 3 heterocycles. The lowest BCUT2D eigenvalue weighted by molar-refractivity contribution is 0.0840. The molecule has 0 aromatic carbocycles. The van der Waals surface area contributed by atoms with Crippen molar-refractivity contribution in [3.05, 3.63) is 22.8 Å². The molecule has 5 nitrogen and oxygen atoms in total. The monoisotopic (exact) mass is 281 g/mol. The number of aromatic nitrogens is 1. The SMILES string of the molecule is CNc1ncc(C(=O)NC2CC3CCC2O3)cc1Cl. The van der Waals surface area contributed by atoms with Crippen molar-refractivity contribution < 1.29 is 9.53 Å². The quantitative estimate of drug-likeness (QED) is 0.887. The van der Waals surface area contributed by atoms with E-state index in [1.807, 2.05) is 0 Å². The minimum atomic E-state index is -0.141. The molecule has 2 N–H and O–H groups in total. The van der Waals surface area contributed by atoms with Crippen molar-refractivity contribution in [2.45, 2.75) is 37.5 Å². The molecule has 6 heteroatoms. The summed E-state index contributed by atoms with van der Waals surface area (Å²) in [6.45, 7) is 0. The molecule has 3 atom stereocenters. The van der Waals surface area contributed by atoms with E-state index >= 15 is 0 Å². The lowest BCUT2D eigenvalue weighted by Gasteiger charge is -2.20. The van der Waals surface area contributed by atoms with Crippen LogP contribution in [0.5, 0.6) is 0 Å². The van der Waals surface area contributed by atoms with E-state index in [1.165, 1.54) is 6.20 Å². The minimum absolute atomic E-state index is 0.119. The summed E-state index contributed by atoms with van der Waals surface area (Å²) in [5.41, 5.74) is 0.478. The second-order valence-corrected chi connectivity index (χ2v) is 5.40. The van der Waals surface area contributed by atoms with E-state index < -0.39 is 0 Å². The molecule has 19 heavy (non-hydrogen) atoms. The van der Waals surface area contributed by atoms with Crippen molar-refractivity contribution in [3.63, 3.8) is 0 Å². The second-order valence-electron chi connectivity index (χ2n) is 4.99. The highest BCUT2D eigenvalue weighted by Crippen LogP contribution is 2.34. The van der Waals surface area contributed by atoms with Gasteiger partial charge in [0.25, 0.3) is 5.91 Å². The maximum absolute atomic E-state index is 12.1. The topological polar surface area (TPSA) is 63.2 Å². The molecule has 0 saturated carbocycles. The molecule has 1 aromatic heterocycles. The van der Waals surface area contributed by atoms with E-state index in [4.69, 9.17) is 16.3 Å². The second kappa shape index (κ2) is 4.98. The van der Waals surface area contributed by atoms with E-state index in [9.17, 15) is 4.79 Å². The fraction of sp³-hybridized carbons (Fsp3) is 0.538. The largest absolute Gasteiger partial charge is 0.373 e. The van der Waals surface area contributed by atoms with Gasteiger partial charge in [-0.15, -0.1) is 0 Å². The standard InChI is InChI=1S/C13H16ClN3O2/c1-15-12-9(14)4-7(6-16-12)13(18)17-10-5-8-2-3-11(10)19-8/h4,6,8,10-11H,2-3,5H2,1H3,(H,15,16)(H,17,18). The maximum Gasteiger partial charge on any atom is 0.253 e. The Morgan fingerprint density at radius 3 is 2.95 bits per heavy atom. The van der Waals surface area contributed by atoms with E-state index in [1.54, 1.807) is 13.1 Å². The molecule has 2 saturated heterocycles. The van der Waals surface area contributed by atoms with Gasteiger partial charge >= 0.3 is 0 Å². The number of pyridine rings is 1.